The summed E-state index contributed by atoms with van der Waals surface area (Å²) in [6.45, 7) is 0.427. The number of para-hydroxylation sites is 1. The normalized spacial score (nSPS) is 10.7. The number of aromatic nitrogens is 1. The summed E-state index contributed by atoms with van der Waals surface area (Å²) in [4.78, 5) is 17.6. The number of hydrogen-bond acceptors (Lipinski definition) is 4. The van der Waals surface area contributed by atoms with E-state index in [-0.39, 0.29) is 5.91 Å². The molecule has 0 unspecified atom stereocenters. The van der Waals surface area contributed by atoms with E-state index in [1.54, 1.807) is 33.3 Å². The highest BCUT2D eigenvalue weighted by Crippen LogP contribution is 2.40. The zero-order valence-electron chi connectivity index (χ0n) is 16.7. The number of methoxy groups -OCH3 is 3. The summed E-state index contributed by atoms with van der Waals surface area (Å²) in [7, 11) is 6.53. The number of rotatable bonds is 8. The van der Waals surface area contributed by atoms with Gasteiger partial charge in [-0.05, 0) is 30.2 Å². The molecule has 3 rings (SSSR count). The van der Waals surface area contributed by atoms with Crippen molar-refractivity contribution < 1.29 is 19.0 Å². The van der Waals surface area contributed by atoms with Crippen LogP contribution in [0.15, 0.2) is 42.6 Å². The summed E-state index contributed by atoms with van der Waals surface area (Å²) < 4.78 is 16.2. The van der Waals surface area contributed by atoms with Gasteiger partial charge in [-0.2, -0.15) is 0 Å². The summed E-state index contributed by atoms with van der Waals surface area (Å²) in [5, 5.41) is 1.17. The van der Waals surface area contributed by atoms with E-state index in [2.05, 4.69) is 11.1 Å². The van der Waals surface area contributed by atoms with Crippen LogP contribution < -0.4 is 14.2 Å². The SMILES string of the molecule is COc1ccc(CN(C)C(=O)CCc2c[nH]c3ccccc23)c(OC)c1OC. The molecular weight excluding hydrogens is 356 g/mol. The Morgan fingerprint density at radius 2 is 1.71 bits per heavy atom. The van der Waals surface area contributed by atoms with E-state index in [1.165, 1.54) is 5.39 Å². The maximum absolute atomic E-state index is 12.7. The molecule has 1 amide bonds. The molecule has 0 bridgehead atoms. The largest absolute Gasteiger partial charge is 0.493 e. The number of hydrogen-bond donors (Lipinski definition) is 1. The Balaban J connectivity index is 1.69. The number of ether oxygens (including phenoxy) is 3. The first-order valence-corrected chi connectivity index (χ1v) is 9.15. The van der Waals surface area contributed by atoms with Crippen molar-refractivity contribution in [2.75, 3.05) is 28.4 Å². The quantitative estimate of drug-likeness (QED) is 0.644. The molecule has 0 spiro atoms. The van der Waals surface area contributed by atoms with E-state index in [0.29, 0.717) is 36.6 Å². The second kappa shape index (κ2) is 8.69. The molecule has 0 saturated heterocycles. The molecule has 1 heterocycles. The summed E-state index contributed by atoms with van der Waals surface area (Å²) in [5.41, 5.74) is 3.11. The van der Waals surface area contributed by atoms with Crippen LogP contribution in [-0.4, -0.2) is 44.2 Å². The highest BCUT2D eigenvalue weighted by molar-refractivity contribution is 5.84. The van der Waals surface area contributed by atoms with E-state index in [0.717, 1.165) is 16.6 Å². The van der Waals surface area contributed by atoms with E-state index in [4.69, 9.17) is 14.2 Å². The molecule has 3 aromatic rings. The summed E-state index contributed by atoms with van der Waals surface area (Å²) >= 11 is 0. The van der Waals surface area contributed by atoms with Gasteiger partial charge < -0.3 is 24.1 Å². The van der Waals surface area contributed by atoms with Gasteiger partial charge in [0.25, 0.3) is 0 Å². The zero-order chi connectivity index (χ0) is 20.1. The molecule has 28 heavy (non-hydrogen) atoms. The minimum absolute atomic E-state index is 0.0714. The van der Waals surface area contributed by atoms with Crippen LogP contribution in [0.25, 0.3) is 10.9 Å². The third kappa shape index (κ3) is 3.91. The Morgan fingerprint density at radius 3 is 2.43 bits per heavy atom. The lowest BCUT2D eigenvalue weighted by atomic mass is 10.1. The monoisotopic (exact) mass is 382 g/mol. The van der Waals surface area contributed by atoms with E-state index >= 15 is 0 Å². The van der Waals surface area contributed by atoms with Gasteiger partial charge >= 0.3 is 0 Å². The molecule has 0 saturated carbocycles. The van der Waals surface area contributed by atoms with Crippen LogP contribution in [0, 0.1) is 0 Å². The zero-order valence-corrected chi connectivity index (χ0v) is 16.7. The number of amides is 1. The van der Waals surface area contributed by atoms with E-state index in [1.807, 2.05) is 36.5 Å². The summed E-state index contributed by atoms with van der Waals surface area (Å²) in [5.74, 6) is 1.78. The van der Waals surface area contributed by atoms with Crippen LogP contribution in [0.1, 0.15) is 17.5 Å². The molecule has 148 valence electrons. The maximum atomic E-state index is 12.7. The molecule has 0 aliphatic carbocycles. The highest BCUT2D eigenvalue weighted by atomic mass is 16.5. The van der Waals surface area contributed by atoms with Gasteiger partial charge in [-0.3, -0.25) is 4.79 Å². The first-order valence-electron chi connectivity index (χ1n) is 9.15. The van der Waals surface area contributed by atoms with Crippen LogP contribution in [0.2, 0.25) is 0 Å². The molecule has 0 aliphatic rings. The van der Waals surface area contributed by atoms with Crippen molar-refractivity contribution in [3.05, 3.63) is 53.7 Å². The standard InChI is InChI=1S/C22H26N2O4/c1-24(14-16-9-11-19(26-2)22(28-4)21(16)27-3)20(25)12-10-15-13-23-18-8-6-5-7-17(15)18/h5-9,11,13,23H,10,12,14H2,1-4H3. The Labute approximate surface area is 165 Å². The number of aryl methyl sites for hydroxylation is 1. The summed E-state index contributed by atoms with van der Waals surface area (Å²) in [6.07, 6.45) is 3.11. The van der Waals surface area contributed by atoms with Gasteiger partial charge in [0.2, 0.25) is 11.7 Å². The van der Waals surface area contributed by atoms with Crippen LogP contribution in [0.4, 0.5) is 0 Å². The average molecular weight is 382 g/mol. The van der Waals surface area contributed by atoms with Crippen molar-refractivity contribution in [3.63, 3.8) is 0 Å². The van der Waals surface area contributed by atoms with Crippen LogP contribution in [0.3, 0.4) is 0 Å². The summed E-state index contributed by atoms with van der Waals surface area (Å²) in [6, 6.07) is 11.8. The van der Waals surface area contributed by atoms with Gasteiger partial charge in [0, 0.05) is 42.7 Å². The lowest BCUT2D eigenvalue weighted by molar-refractivity contribution is -0.130. The maximum Gasteiger partial charge on any atom is 0.222 e. The topological polar surface area (TPSA) is 63.8 Å². The predicted octanol–water partition coefficient (Wildman–Crippen LogP) is 3.78. The van der Waals surface area contributed by atoms with E-state index < -0.39 is 0 Å². The Hall–Kier alpha value is -3.15. The molecule has 0 atom stereocenters. The van der Waals surface area contributed by atoms with Crippen molar-refractivity contribution in [1.82, 2.24) is 9.88 Å². The average Bonchev–Trinajstić information content (AvgIpc) is 3.14. The minimum atomic E-state index is 0.0714. The third-order valence-corrected chi connectivity index (χ3v) is 4.90. The molecular formula is C22H26N2O4. The second-order valence-corrected chi connectivity index (χ2v) is 6.60. The van der Waals surface area contributed by atoms with Gasteiger partial charge in [-0.25, -0.2) is 0 Å². The highest BCUT2D eigenvalue weighted by Gasteiger charge is 2.19. The number of benzene rings is 2. The first kappa shape index (κ1) is 19.6. The van der Waals surface area contributed by atoms with Crippen LogP contribution in [-0.2, 0) is 17.8 Å². The van der Waals surface area contributed by atoms with Gasteiger partial charge in [0.1, 0.15) is 0 Å². The number of H-pyrrole nitrogens is 1. The van der Waals surface area contributed by atoms with Gasteiger partial charge in [0.05, 0.1) is 21.3 Å². The fourth-order valence-electron chi connectivity index (χ4n) is 3.40. The number of nitrogens with one attached hydrogen (secondary N) is 1. The number of carbonyl (C=O) groups is 1. The van der Waals surface area contributed by atoms with Crippen molar-refractivity contribution in [1.29, 1.82) is 0 Å². The Kier molecular flexibility index (Phi) is 6.09. The third-order valence-electron chi connectivity index (χ3n) is 4.90. The lowest BCUT2D eigenvalue weighted by Crippen LogP contribution is -2.26. The molecule has 6 nitrogen and oxygen atoms in total. The van der Waals surface area contributed by atoms with Gasteiger partial charge in [-0.15, -0.1) is 0 Å². The smallest absolute Gasteiger partial charge is 0.222 e. The number of nitrogens with zero attached hydrogens (tertiary/aromatic N) is 1. The molecule has 0 radical (unpaired) electrons. The van der Waals surface area contributed by atoms with Crippen LogP contribution in [0.5, 0.6) is 17.2 Å². The Bertz CT molecular complexity index is 964. The fourth-order valence-corrected chi connectivity index (χ4v) is 3.40. The van der Waals surface area contributed by atoms with Gasteiger partial charge in [-0.1, -0.05) is 18.2 Å². The fraction of sp³-hybridized carbons (Fsp3) is 0.318. The second-order valence-electron chi connectivity index (χ2n) is 6.60. The molecule has 0 aliphatic heterocycles. The van der Waals surface area contributed by atoms with Crippen molar-refractivity contribution in [3.8, 4) is 17.2 Å². The first-order chi connectivity index (χ1) is 13.6. The lowest BCUT2D eigenvalue weighted by Gasteiger charge is -2.21. The minimum Gasteiger partial charge on any atom is -0.493 e. The predicted molar refractivity (Wildman–Crippen MR) is 109 cm³/mol. The molecule has 1 aromatic heterocycles. The number of aromatic amines is 1. The number of carbonyl (C=O) groups excluding carboxylic acids is 1. The van der Waals surface area contributed by atoms with Crippen molar-refractivity contribution >= 4 is 16.8 Å². The molecule has 2 aromatic carbocycles. The van der Waals surface area contributed by atoms with Gasteiger partial charge in [0.15, 0.2) is 11.5 Å². The Morgan fingerprint density at radius 1 is 0.964 bits per heavy atom. The number of fused-ring (bicyclic) bond motifs is 1. The van der Waals surface area contributed by atoms with Crippen LogP contribution >= 0.6 is 0 Å². The molecule has 6 heteroatoms. The molecule has 0 fully saturated rings. The van der Waals surface area contributed by atoms with Crippen molar-refractivity contribution in [2.45, 2.75) is 19.4 Å². The van der Waals surface area contributed by atoms with Crippen molar-refractivity contribution in [2.24, 2.45) is 0 Å². The molecule has 1 N–H and O–H groups in total. The van der Waals surface area contributed by atoms with E-state index in [9.17, 15) is 4.79 Å².